The lowest BCUT2D eigenvalue weighted by Crippen LogP contribution is -2.37. The van der Waals surface area contributed by atoms with Crippen LogP contribution in [0.15, 0.2) is 78.3 Å². The van der Waals surface area contributed by atoms with E-state index < -0.39 is 11.9 Å². The second-order valence-corrected chi connectivity index (χ2v) is 9.84. The van der Waals surface area contributed by atoms with Crippen LogP contribution in [0.3, 0.4) is 0 Å². The van der Waals surface area contributed by atoms with Crippen LogP contribution in [0.1, 0.15) is 30.7 Å². The fourth-order valence-corrected chi connectivity index (χ4v) is 5.85. The first-order valence-electron chi connectivity index (χ1n) is 12.2. The molecule has 4 aromatic rings. The summed E-state index contributed by atoms with van der Waals surface area (Å²) in [4.78, 5) is 36.4. The SMILES string of the molecule is COc1ccc(-c2ccccc2-c2csc(N3CCCC(c4ccccc4)C(CC(=O)O)C3=O)n2)cn1. The number of amides is 1. The highest BCUT2D eigenvalue weighted by molar-refractivity contribution is 7.14. The standard InChI is InChI=1S/C29H27N3O4S/c1-36-26-14-13-20(17-30-26)22-10-5-6-11-23(22)25-18-37-29(31-25)32-15-7-12-21(19-8-3-2-4-9-19)24(28(32)35)16-27(33)34/h2-6,8-11,13-14,17-18,21,24H,7,12,15-16H2,1H3,(H,33,34). The molecule has 1 aliphatic heterocycles. The number of methoxy groups -OCH3 is 1. The lowest BCUT2D eigenvalue weighted by molar-refractivity contribution is -0.141. The van der Waals surface area contributed by atoms with Crippen molar-refractivity contribution in [1.29, 1.82) is 0 Å². The van der Waals surface area contributed by atoms with Crippen molar-refractivity contribution in [3.63, 3.8) is 0 Å². The number of ether oxygens (including phenoxy) is 1. The Morgan fingerprint density at radius 2 is 1.84 bits per heavy atom. The summed E-state index contributed by atoms with van der Waals surface area (Å²) in [6.45, 7) is 0.509. The Bertz CT molecular complexity index is 1390. The van der Waals surface area contributed by atoms with Crippen LogP contribution >= 0.6 is 11.3 Å². The summed E-state index contributed by atoms with van der Waals surface area (Å²) in [6, 6.07) is 21.5. The molecule has 7 nitrogen and oxygen atoms in total. The van der Waals surface area contributed by atoms with E-state index >= 15 is 0 Å². The molecule has 0 saturated carbocycles. The molecular formula is C29H27N3O4S. The number of thiazole rings is 1. The maximum Gasteiger partial charge on any atom is 0.304 e. The summed E-state index contributed by atoms with van der Waals surface area (Å²) in [5.74, 6) is -1.39. The number of aromatic nitrogens is 2. The van der Waals surface area contributed by atoms with Gasteiger partial charge < -0.3 is 9.84 Å². The molecule has 8 heteroatoms. The van der Waals surface area contributed by atoms with Crippen molar-refractivity contribution in [3.8, 4) is 28.3 Å². The van der Waals surface area contributed by atoms with E-state index in [1.54, 1.807) is 18.2 Å². The van der Waals surface area contributed by atoms with Gasteiger partial charge >= 0.3 is 5.97 Å². The number of aliphatic carboxylic acids is 1. The molecular weight excluding hydrogens is 486 g/mol. The van der Waals surface area contributed by atoms with Gasteiger partial charge in [-0.3, -0.25) is 14.5 Å². The van der Waals surface area contributed by atoms with Gasteiger partial charge in [0.25, 0.3) is 0 Å². The Labute approximate surface area is 219 Å². The summed E-state index contributed by atoms with van der Waals surface area (Å²) in [7, 11) is 1.58. The van der Waals surface area contributed by atoms with E-state index in [-0.39, 0.29) is 18.2 Å². The third kappa shape index (κ3) is 5.24. The van der Waals surface area contributed by atoms with E-state index in [2.05, 4.69) is 4.98 Å². The van der Waals surface area contributed by atoms with Gasteiger partial charge in [0, 0.05) is 35.3 Å². The Morgan fingerprint density at radius 1 is 1.08 bits per heavy atom. The predicted molar refractivity (Wildman–Crippen MR) is 144 cm³/mol. The average molecular weight is 514 g/mol. The summed E-state index contributed by atoms with van der Waals surface area (Å²) in [6.07, 6.45) is 3.07. The number of nitrogens with zero attached hydrogens (tertiary/aromatic N) is 3. The van der Waals surface area contributed by atoms with Gasteiger partial charge in [-0.15, -0.1) is 11.3 Å². The van der Waals surface area contributed by atoms with E-state index in [9.17, 15) is 14.7 Å². The van der Waals surface area contributed by atoms with E-state index in [4.69, 9.17) is 9.72 Å². The monoisotopic (exact) mass is 513 g/mol. The van der Waals surface area contributed by atoms with E-state index in [1.807, 2.05) is 72.1 Å². The van der Waals surface area contributed by atoms with Crippen LogP contribution in [0.5, 0.6) is 5.88 Å². The Morgan fingerprint density at radius 3 is 2.54 bits per heavy atom. The van der Waals surface area contributed by atoms with Crippen molar-refractivity contribution in [3.05, 3.63) is 83.9 Å². The molecule has 2 unspecified atom stereocenters. The van der Waals surface area contributed by atoms with E-state index in [0.29, 0.717) is 17.6 Å². The Balaban J connectivity index is 1.46. The molecule has 5 rings (SSSR count). The van der Waals surface area contributed by atoms with Gasteiger partial charge in [-0.25, -0.2) is 9.97 Å². The highest BCUT2D eigenvalue weighted by Gasteiger charge is 2.38. The molecule has 1 N–H and O–H groups in total. The number of carbonyl (C=O) groups excluding carboxylic acids is 1. The molecule has 2 aromatic heterocycles. The molecule has 3 heterocycles. The van der Waals surface area contributed by atoms with Gasteiger partial charge in [0.05, 0.1) is 25.1 Å². The number of benzene rings is 2. The first kappa shape index (κ1) is 24.6. The lowest BCUT2D eigenvalue weighted by atomic mass is 9.81. The van der Waals surface area contributed by atoms with Crippen molar-refractivity contribution in [1.82, 2.24) is 9.97 Å². The number of carboxylic acid groups (broad SMARTS) is 1. The van der Waals surface area contributed by atoms with Crippen LogP contribution in [0.2, 0.25) is 0 Å². The Kier molecular flexibility index (Phi) is 7.28. The molecule has 188 valence electrons. The zero-order valence-corrected chi connectivity index (χ0v) is 21.2. The maximum absolute atomic E-state index is 13.8. The van der Waals surface area contributed by atoms with E-state index in [0.717, 1.165) is 40.8 Å². The summed E-state index contributed by atoms with van der Waals surface area (Å²) in [5, 5.41) is 12.2. The van der Waals surface area contributed by atoms with Gasteiger partial charge in [0.15, 0.2) is 5.13 Å². The fourth-order valence-electron chi connectivity index (χ4n) is 4.99. The predicted octanol–water partition coefficient (Wildman–Crippen LogP) is 5.88. The second-order valence-electron chi connectivity index (χ2n) is 9.00. The number of anilines is 1. The summed E-state index contributed by atoms with van der Waals surface area (Å²) in [5.41, 5.74) is 4.61. The first-order valence-corrected chi connectivity index (χ1v) is 13.1. The number of hydrogen-bond acceptors (Lipinski definition) is 6. The molecule has 1 fully saturated rings. The molecule has 0 aliphatic carbocycles. The van der Waals surface area contributed by atoms with Crippen LogP contribution in [0.4, 0.5) is 5.13 Å². The molecule has 0 bridgehead atoms. The van der Waals surface area contributed by atoms with Crippen molar-refractivity contribution in [2.75, 3.05) is 18.6 Å². The molecule has 0 radical (unpaired) electrons. The molecule has 2 aromatic carbocycles. The quantitative estimate of drug-likeness (QED) is 0.332. The minimum atomic E-state index is -0.969. The van der Waals surface area contributed by atoms with Crippen molar-refractivity contribution in [2.45, 2.75) is 25.2 Å². The van der Waals surface area contributed by atoms with Gasteiger partial charge in [0.1, 0.15) is 0 Å². The molecule has 37 heavy (non-hydrogen) atoms. The van der Waals surface area contributed by atoms with Gasteiger partial charge in [-0.1, -0.05) is 54.6 Å². The topological polar surface area (TPSA) is 92.6 Å². The summed E-state index contributed by atoms with van der Waals surface area (Å²) < 4.78 is 5.18. The van der Waals surface area contributed by atoms with Crippen LogP contribution in [0, 0.1) is 5.92 Å². The van der Waals surface area contributed by atoms with Crippen LogP contribution in [-0.2, 0) is 9.59 Å². The summed E-state index contributed by atoms with van der Waals surface area (Å²) >= 11 is 1.40. The molecule has 1 aliphatic rings. The van der Waals surface area contributed by atoms with Gasteiger partial charge in [-0.05, 0) is 36.0 Å². The zero-order valence-electron chi connectivity index (χ0n) is 20.4. The number of carboxylic acids is 1. The highest BCUT2D eigenvalue weighted by atomic mass is 32.1. The molecule has 1 saturated heterocycles. The van der Waals surface area contributed by atoms with Gasteiger partial charge in [-0.2, -0.15) is 0 Å². The average Bonchev–Trinajstić information content (AvgIpc) is 3.36. The third-order valence-electron chi connectivity index (χ3n) is 6.77. The van der Waals surface area contributed by atoms with Gasteiger partial charge in [0.2, 0.25) is 11.8 Å². The minimum Gasteiger partial charge on any atom is -0.481 e. The highest BCUT2D eigenvalue weighted by Crippen LogP contribution is 2.39. The smallest absolute Gasteiger partial charge is 0.304 e. The van der Waals surface area contributed by atoms with Crippen molar-refractivity contribution >= 4 is 28.3 Å². The third-order valence-corrected chi connectivity index (χ3v) is 7.63. The largest absolute Gasteiger partial charge is 0.481 e. The van der Waals surface area contributed by atoms with Crippen LogP contribution < -0.4 is 9.64 Å². The molecule has 2 atom stereocenters. The zero-order chi connectivity index (χ0) is 25.8. The van der Waals surface area contributed by atoms with Crippen LogP contribution in [-0.4, -0.2) is 40.6 Å². The van der Waals surface area contributed by atoms with Crippen molar-refractivity contribution < 1.29 is 19.4 Å². The molecule has 1 amide bonds. The van der Waals surface area contributed by atoms with Crippen molar-refractivity contribution in [2.24, 2.45) is 5.92 Å². The van der Waals surface area contributed by atoms with E-state index in [1.165, 1.54) is 11.3 Å². The molecule has 0 spiro atoms. The van der Waals surface area contributed by atoms with Crippen LogP contribution in [0.25, 0.3) is 22.4 Å². The second kappa shape index (κ2) is 10.9. The number of carbonyl (C=O) groups is 2. The minimum absolute atomic E-state index is 0.141. The normalized spacial score (nSPS) is 17.9. The number of hydrogen-bond donors (Lipinski definition) is 1. The number of rotatable bonds is 7. The Hall–Kier alpha value is -4.04. The number of pyridine rings is 1. The maximum atomic E-state index is 13.8. The first-order chi connectivity index (χ1) is 18.0. The fraction of sp³-hybridized carbons (Fsp3) is 0.241. The lowest BCUT2D eigenvalue weighted by Gasteiger charge is -2.26.